The van der Waals surface area contributed by atoms with Crippen LogP contribution in [0.5, 0.6) is 0 Å². The van der Waals surface area contributed by atoms with Crippen molar-refractivity contribution in [1.29, 1.82) is 0 Å². The lowest BCUT2D eigenvalue weighted by atomic mass is 10.2. The molecule has 0 saturated heterocycles. The van der Waals surface area contributed by atoms with Gasteiger partial charge in [-0.2, -0.15) is 0 Å². The largest absolute Gasteiger partial charge is 0.395 e. The summed E-state index contributed by atoms with van der Waals surface area (Å²) in [7, 11) is -3.91. The van der Waals surface area contributed by atoms with E-state index in [4.69, 9.17) is 15.3 Å². The Balaban J connectivity index is 3.02. The number of halogens is 1. The van der Waals surface area contributed by atoms with Gasteiger partial charge in [0.25, 0.3) is 0 Å². The number of aryl methyl sites for hydroxylation is 1. The van der Waals surface area contributed by atoms with Gasteiger partial charge in [-0.25, -0.2) is 13.1 Å². The Morgan fingerprint density at radius 2 is 2.00 bits per heavy atom. The topological polar surface area (TPSA) is 107 Å². The third-order valence-electron chi connectivity index (χ3n) is 2.30. The number of rotatable bonds is 5. The average Bonchev–Trinajstić information content (AvgIpc) is 2.29. The molecule has 102 valence electrons. The number of hydrogen-bond donors (Lipinski definition) is 4. The van der Waals surface area contributed by atoms with Crippen LogP contribution in [-0.4, -0.2) is 42.7 Å². The lowest BCUT2D eigenvalue weighted by Crippen LogP contribution is -2.45. The van der Waals surface area contributed by atoms with Gasteiger partial charge in [-0.1, -0.05) is 15.9 Å². The minimum Gasteiger partial charge on any atom is -0.395 e. The maximum Gasteiger partial charge on any atom is 0.241 e. The van der Waals surface area contributed by atoms with Gasteiger partial charge in [0, 0.05) is 4.47 Å². The van der Waals surface area contributed by atoms with Gasteiger partial charge < -0.3 is 15.3 Å². The van der Waals surface area contributed by atoms with Crippen molar-refractivity contribution in [2.75, 3.05) is 6.61 Å². The van der Waals surface area contributed by atoms with Crippen LogP contribution in [0, 0.1) is 6.92 Å². The van der Waals surface area contributed by atoms with E-state index in [0.29, 0.717) is 0 Å². The molecule has 0 aromatic heterocycles. The van der Waals surface area contributed by atoms with Crippen molar-refractivity contribution in [3.63, 3.8) is 0 Å². The third kappa shape index (κ3) is 3.74. The summed E-state index contributed by atoms with van der Waals surface area (Å²) in [5.74, 6) is 0. The molecular formula is C10H14BrNO5S. The van der Waals surface area contributed by atoms with Gasteiger partial charge in [-0.3, -0.25) is 0 Å². The first-order valence-corrected chi connectivity index (χ1v) is 7.31. The van der Waals surface area contributed by atoms with Crippen molar-refractivity contribution < 1.29 is 23.7 Å². The van der Waals surface area contributed by atoms with Gasteiger partial charge in [0.15, 0.2) is 6.29 Å². The van der Waals surface area contributed by atoms with Gasteiger partial charge in [0.1, 0.15) is 0 Å². The van der Waals surface area contributed by atoms with E-state index < -0.39 is 29.0 Å². The molecule has 0 saturated carbocycles. The van der Waals surface area contributed by atoms with Crippen LogP contribution in [0.2, 0.25) is 0 Å². The monoisotopic (exact) mass is 339 g/mol. The number of aliphatic hydroxyl groups excluding tert-OH is 2. The van der Waals surface area contributed by atoms with E-state index in [1.54, 1.807) is 13.0 Å². The molecule has 1 unspecified atom stereocenters. The fourth-order valence-electron chi connectivity index (χ4n) is 1.24. The van der Waals surface area contributed by atoms with Gasteiger partial charge >= 0.3 is 0 Å². The van der Waals surface area contributed by atoms with Crippen LogP contribution in [0.4, 0.5) is 0 Å². The van der Waals surface area contributed by atoms with Gasteiger partial charge in [-0.15, -0.1) is 0 Å². The van der Waals surface area contributed by atoms with Crippen molar-refractivity contribution >= 4 is 26.0 Å². The normalized spacial score (nSPS) is 13.9. The Kier molecular flexibility index (Phi) is 5.26. The molecule has 0 aliphatic rings. The number of sulfonamides is 1. The Morgan fingerprint density at radius 3 is 2.44 bits per heavy atom. The first kappa shape index (κ1) is 15.5. The molecule has 18 heavy (non-hydrogen) atoms. The molecule has 6 nitrogen and oxygen atoms in total. The molecule has 1 atom stereocenters. The van der Waals surface area contributed by atoms with Crippen molar-refractivity contribution in [2.45, 2.75) is 24.2 Å². The average molecular weight is 340 g/mol. The molecule has 0 heterocycles. The molecule has 0 amide bonds. The molecule has 0 aliphatic heterocycles. The summed E-state index contributed by atoms with van der Waals surface area (Å²) in [6.45, 7) is 1.01. The SMILES string of the molecule is Cc1cc(S(=O)(=O)NC(CO)C(O)O)ccc1Br. The van der Waals surface area contributed by atoms with Crippen molar-refractivity contribution in [1.82, 2.24) is 4.72 Å². The Hall–Kier alpha value is -0.510. The van der Waals surface area contributed by atoms with Crippen LogP contribution in [0.1, 0.15) is 5.56 Å². The third-order valence-corrected chi connectivity index (χ3v) is 4.68. The van der Waals surface area contributed by atoms with Crippen LogP contribution in [0.3, 0.4) is 0 Å². The van der Waals surface area contributed by atoms with E-state index in [-0.39, 0.29) is 4.90 Å². The van der Waals surface area contributed by atoms with Crippen LogP contribution < -0.4 is 4.72 Å². The Morgan fingerprint density at radius 1 is 1.39 bits per heavy atom. The zero-order valence-electron chi connectivity index (χ0n) is 9.54. The fourth-order valence-corrected chi connectivity index (χ4v) is 2.80. The minimum atomic E-state index is -3.91. The zero-order valence-corrected chi connectivity index (χ0v) is 11.9. The molecule has 8 heteroatoms. The molecule has 0 radical (unpaired) electrons. The predicted octanol–water partition coefficient (Wildman–Crippen LogP) is -0.293. The van der Waals surface area contributed by atoms with Crippen molar-refractivity contribution in [3.8, 4) is 0 Å². The summed E-state index contributed by atoms with van der Waals surface area (Å²) in [4.78, 5) is -0.0118. The molecule has 0 spiro atoms. The molecule has 1 aromatic rings. The highest BCUT2D eigenvalue weighted by atomic mass is 79.9. The summed E-state index contributed by atoms with van der Waals surface area (Å²) in [5, 5.41) is 26.6. The summed E-state index contributed by atoms with van der Waals surface area (Å²) >= 11 is 3.25. The summed E-state index contributed by atoms with van der Waals surface area (Å²) < 4.78 is 26.6. The highest BCUT2D eigenvalue weighted by Crippen LogP contribution is 2.20. The molecule has 0 bridgehead atoms. The van der Waals surface area contributed by atoms with E-state index in [1.165, 1.54) is 12.1 Å². The second kappa shape index (κ2) is 6.09. The fraction of sp³-hybridized carbons (Fsp3) is 0.400. The zero-order chi connectivity index (χ0) is 13.9. The summed E-state index contributed by atoms with van der Waals surface area (Å²) in [6, 6.07) is 3.02. The standard InChI is InChI=1S/C10H14BrNO5S/c1-6-4-7(2-3-8(6)11)18(16,17)12-9(5-13)10(14)15/h2-4,9-10,12-15H,5H2,1H3. The van der Waals surface area contributed by atoms with Gasteiger partial charge in [0.2, 0.25) is 10.0 Å². The molecular weight excluding hydrogens is 326 g/mol. The van der Waals surface area contributed by atoms with E-state index in [0.717, 1.165) is 10.0 Å². The van der Waals surface area contributed by atoms with E-state index in [1.807, 2.05) is 4.72 Å². The summed E-state index contributed by atoms with van der Waals surface area (Å²) in [6.07, 6.45) is -1.97. The molecule has 0 fully saturated rings. The lowest BCUT2D eigenvalue weighted by Gasteiger charge is -2.18. The number of hydrogen-bond acceptors (Lipinski definition) is 5. The number of nitrogens with one attached hydrogen (secondary N) is 1. The smallest absolute Gasteiger partial charge is 0.241 e. The van der Waals surface area contributed by atoms with Crippen LogP contribution in [0.15, 0.2) is 27.6 Å². The Bertz CT molecular complexity index is 517. The first-order valence-electron chi connectivity index (χ1n) is 5.03. The van der Waals surface area contributed by atoms with E-state index in [2.05, 4.69) is 15.9 Å². The molecule has 1 aromatic carbocycles. The molecule has 0 aliphatic carbocycles. The number of aliphatic hydroxyl groups is 3. The van der Waals surface area contributed by atoms with Crippen molar-refractivity contribution in [3.05, 3.63) is 28.2 Å². The highest BCUT2D eigenvalue weighted by molar-refractivity contribution is 9.10. The van der Waals surface area contributed by atoms with Crippen molar-refractivity contribution in [2.24, 2.45) is 0 Å². The molecule has 4 N–H and O–H groups in total. The summed E-state index contributed by atoms with van der Waals surface area (Å²) in [5.41, 5.74) is 0.725. The second-order valence-corrected chi connectivity index (χ2v) is 6.30. The van der Waals surface area contributed by atoms with Crippen LogP contribution in [0.25, 0.3) is 0 Å². The highest BCUT2D eigenvalue weighted by Gasteiger charge is 2.24. The quantitative estimate of drug-likeness (QED) is 0.551. The maximum absolute atomic E-state index is 11.9. The van der Waals surface area contributed by atoms with E-state index >= 15 is 0 Å². The van der Waals surface area contributed by atoms with Crippen LogP contribution in [-0.2, 0) is 10.0 Å². The first-order chi connectivity index (χ1) is 8.27. The van der Waals surface area contributed by atoms with Gasteiger partial charge in [0.05, 0.1) is 17.5 Å². The molecule has 1 rings (SSSR count). The lowest BCUT2D eigenvalue weighted by molar-refractivity contribution is -0.0723. The van der Waals surface area contributed by atoms with Crippen LogP contribution >= 0.6 is 15.9 Å². The number of benzene rings is 1. The second-order valence-electron chi connectivity index (χ2n) is 3.73. The van der Waals surface area contributed by atoms with Gasteiger partial charge in [-0.05, 0) is 30.7 Å². The predicted molar refractivity (Wildman–Crippen MR) is 68.3 cm³/mol. The minimum absolute atomic E-state index is 0.0118. The van der Waals surface area contributed by atoms with E-state index in [9.17, 15) is 8.42 Å². The maximum atomic E-state index is 11.9. The Labute approximate surface area is 113 Å².